The van der Waals surface area contributed by atoms with Crippen molar-refractivity contribution in [3.8, 4) is 0 Å². The highest BCUT2D eigenvalue weighted by Crippen LogP contribution is 2.67. The molecule has 0 aromatic rings. The quantitative estimate of drug-likeness (QED) is 0.0516. The van der Waals surface area contributed by atoms with Gasteiger partial charge in [0.1, 0.15) is 0 Å². The number of ether oxygens (including phenoxy) is 3. The van der Waals surface area contributed by atoms with Crippen LogP contribution in [0.15, 0.2) is 36.0 Å². The molecule has 3 fully saturated rings. The summed E-state index contributed by atoms with van der Waals surface area (Å²) >= 11 is 0. The predicted octanol–water partition coefficient (Wildman–Crippen LogP) is 15.0. The molecule has 9 atom stereocenters. The monoisotopic (exact) mass is 808 g/mol. The molecule has 336 valence electrons. The second kappa shape index (κ2) is 27.2. The maximum absolute atomic E-state index is 6.59. The molecule has 6 unspecified atom stereocenters. The van der Waals surface area contributed by atoms with Crippen molar-refractivity contribution in [3.05, 3.63) is 36.0 Å². The topological polar surface area (TPSA) is 30.9 Å². The fourth-order valence-corrected chi connectivity index (χ4v) is 12.5. The summed E-state index contributed by atoms with van der Waals surface area (Å²) in [5.74, 6) is 5.43. The number of unbranched alkanes of at least 4 members (excludes halogenated alkanes) is 10. The van der Waals surface area contributed by atoms with Crippen molar-refractivity contribution in [2.75, 3.05) is 47.1 Å². The first kappa shape index (κ1) is 49.7. The van der Waals surface area contributed by atoms with E-state index in [0.29, 0.717) is 23.5 Å². The maximum Gasteiger partial charge on any atom is 0.0934 e. The van der Waals surface area contributed by atoms with Gasteiger partial charge in [-0.1, -0.05) is 135 Å². The zero-order valence-corrected chi connectivity index (χ0v) is 39.9. The molecule has 0 radical (unpaired) electrons. The van der Waals surface area contributed by atoms with E-state index in [4.69, 9.17) is 14.2 Å². The first-order chi connectivity index (χ1) is 28.1. The lowest BCUT2D eigenvalue weighted by molar-refractivity contribution is -0.0648. The molecular formula is C54H97NO3. The number of likely N-dealkylation sites (N-methyl/N-ethyl adjacent to an activating group) is 1. The van der Waals surface area contributed by atoms with Gasteiger partial charge in [-0.05, 0) is 163 Å². The van der Waals surface area contributed by atoms with Gasteiger partial charge in [0.2, 0.25) is 0 Å². The van der Waals surface area contributed by atoms with Crippen LogP contribution in [-0.4, -0.2) is 64.2 Å². The van der Waals surface area contributed by atoms with Crippen LogP contribution < -0.4 is 0 Å². The third-order valence-electron chi connectivity index (χ3n) is 15.9. The lowest BCUT2D eigenvalue weighted by Gasteiger charge is -2.58. The van der Waals surface area contributed by atoms with Crippen molar-refractivity contribution in [3.63, 3.8) is 0 Å². The third-order valence-corrected chi connectivity index (χ3v) is 15.9. The molecule has 3 saturated carbocycles. The Morgan fingerprint density at radius 2 is 1.45 bits per heavy atom. The van der Waals surface area contributed by atoms with Crippen molar-refractivity contribution < 1.29 is 14.2 Å². The molecule has 0 aliphatic heterocycles. The van der Waals surface area contributed by atoms with E-state index in [-0.39, 0.29) is 6.10 Å². The number of allylic oxidation sites excluding steroid dienone is 5. The molecular weight excluding hydrogens is 711 g/mol. The minimum Gasteiger partial charge on any atom is -0.379 e. The second-order valence-corrected chi connectivity index (χ2v) is 21.1. The van der Waals surface area contributed by atoms with Crippen molar-refractivity contribution in [1.82, 2.24) is 4.90 Å². The average molecular weight is 808 g/mol. The van der Waals surface area contributed by atoms with Gasteiger partial charge in [-0.25, -0.2) is 0 Å². The Balaban J connectivity index is 1.04. The first-order valence-corrected chi connectivity index (χ1v) is 25.5. The summed E-state index contributed by atoms with van der Waals surface area (Å²) < 4.78 is 19.1. The van der Waals surface area contributed by atoms with Gasteiger partial charge in [0.15, 0.2) is 0 Å². The fourth-order valence-electron chi connectivity index (χ4n) is 12.5. The second-order valence-electron chi connectivity index (χ2n) is 21.1. The Hall–Kier alpha value is -0.940. The van der Waals surface area contributed by atoms with Gasteiger partial charge in [0, 0.05) is 26.4 Å². The minimum absolute atomic E-state index is 0.143. The number of nitrogens with zero attached hydrogens (tertiary/aromatic N) is 1. The van der Waals surface area contributed by atoms with Gasteiger partial charge in [0.25, 0.3) is 0 Å². The minimum atomic E-state index is 0.143. The summed E-state index contributed by atoms with van der Waals surface area (Å²) in [5.41, 5.74) is 2.74. The van der Waals surface area contributed by atoms with Crippen LogP contribution in [-0.2, 0) is 14.2 Å². The summed E-state index contributed by atoms with van der Waals surface area (Å²) in [5, 5.41) is 0. The molecule has 0 amide bonds. The van der Waals surface area contributed by atoms with Gasteiger partial charge >= 0.3 is 0 Å². The molecule has 58 heavy (non-hydrogen) atoms. The number of hydrogen-bond donors (Lipinski definition) is 0. The van der Waals surface area contributed by atoms with Crippen LogP contribution in [0.2, 0.25) is 0 Å². The van der Waals surface area contributed by atoms with Crippen LogP contribution in [0, 0.1) is 46.3 Å². The lowest BCUT2D eigenvalue weighted by atomic mass is 9.47. The maximum atomic E-state index is 6.59. The normalized spacial score (nSPS) is 29.6. The zero-order valence-electron chi connectivity index (χ0n) is 39.9. The van der Waals surface area contributed by atoms with Crippen LogP contribution in [0.3, 0.4) is 0 Å². The molecule has 0 spiro atoms. The molecule has 0 saturated heterocycles. The van der Waals surface area contributed by atoms with Crippen molar-refractivity contribution in [1.29, 1.82) is 0 Å². The van der Waals surface area contributed by atoms with E-state index in [1.807, 2.05) is 0 Å². The molecule has 4 heteroatoms. The van der Waals surface area contributed by atoms with Gasteiger partial charge in [-0.2, -0.15) is 0 Å². The van der Waals surface area contributed by atoms with Crippen molar-refractivity contribution in [2.45, 2.75) is 214 Å². The molecule has 4 rings (SSSR count). The smallest absolute Gasteiger partial charge is 0.0934 e. The van der Waals surface area contributed by atoms with Crippen molar-refractivity contribution >= 4 is 0 Å². The molecule has 0 heterocycles. The van der Waals surface area contributed by atoms with E-state index in [9.17, 15) is 0 Å². The van der Waals surface area contributed by atoms with Crippen LogP contribution in [0.5, 0.6) is 0 Å². The third kappa shape index (κ3) is 16.1. The number of fused-ring (bicyclic) bond motifs is 5. The Bertz CT molecular complexity index is 1170. The fraction of sp³-hybridized carbons (Fsp3) is 0.889. The highest BCUT2D eigenvalue weighted by molar-refractivity contribution is 5.25. The Kier molecular flexibility index (Phi) is 23.3. The van der Waals surface area contributed by atoms with Gasteiger partial charge in [-0.3, -0.25) is 0 Å². The van der Waals surface area contributed by atoms with E-state index in [2.05, 4.69) is 90.9 Å². The average Bonchev–Trinajstić information content (AvgIpc) is 3.55. The molecule has 0 aromatic heterocycles. The standard InChI is InChI=1S/C54H97NO3/c1-9-10-11-12-13-14-15-16-17-18-19-20-21-22-23-24-38-56-43-48(42-55(7)8)58-40-26-25-39-57-47-34-36-53(5)46(41-47)30-31-49-51-33-32-50(45(4)29-27-28-44(2)3)54(51,6)37-35-52(49)53/h13-14,16-17,30,44-45,47-52H,9-12,15,18-29,31-43H2,1-8H3/t45?,47-,48?,49?,50?,51?,52?,53-,54+/m0/s1. The summed E-state index contributed by atoms with van der Waals surface area (Å²) in [6, 6.07) is 0. The highest BCUT2D eigenvalue weighted by atomic mass is 16.5. The van der Waals surface area contributed by atoms with Gasteiger partial charge in [0.05, 0.1) is 18.8 Å². The molecule has 0 aromatic carbocycles. The summed E-state index contributed by atoms with van der Waals surface area (Å²) in [7, 11) is 4.27. The van der Waals surface area contributed by atoms with E-state index in [1.165, 1.54) is 135 Å². The number of hydrogen-bond acceptors (Lipinski definition) is 4. The zero-order chi connectivity index (χ0) is 41.6. The summed E-state index contributed by atoms with van der Waals surface area (Å²) in [6.45, 7) is 19.2. The Labute approximate surface area is 361 Å². The number of rotatable bonds is 31. The predicted molar refractivity (Wildman–Crippen MR) is 250 cm³/mol. The first-order valence-electron chi connectivity index (χ1n) is 25.5. The van der Waals surface area contributed by atoms with Gasteiger partial charge in [-0.15, -0.1) is 0 Å². The largest absolute Gasteiger partial charge is 0.379 e. The van der Waals surface area contributed by atoms with Crippen LogP contribution in [0.1, 0.15) is 202 Å². The molecule has 4 nitrogen and oxygen atoms in total. The van der Waals surface area contributed by atoms with E-state index in [0.717, 1.165) is 87.6 Å². The lowest BCUT2D eigenvalue weighted by Crippen LogP contribution is -2.51. The van der Waals surface area contributed by atoms with Crippen LogP contribution >= 0.6 is 0 Å². The molecule has 0 bridgehead atoms. The summed E-state index contributed by atoms with van der Waals surface area (Å²) in [6.07, 6.45) is 45.4. The van der Waals surface area contributed by atoms with E-state index in [1.54, 1.807) is 5.57 Å². The van der Waals surface area contributed by atoms with Crippen LogP contribution in [0.4, 0.5) is 0 Å². The Morgan fingerprint density at radius 1 is 0.741 bits per heavy atom. The van der Waals surface area contributed by atoms with E-state index >= 15 is 0 Å². The highest BCUT2D eigenvalue weighted by Gasteiger charge is 2.59. The van der Waals surface area contributed by atoms with Gasteiger partial charge < -0.3 is 19.1 Å². The molecule has 4 aliphatic rings. The van der Waals surface area contributed by atoms with Crippen LogP contribution in [0.25, 0.3) is 0 Å². The molecule has 0 N–H and O–H groups in total. The molecule has 4 aliphatic carbocycles. The summed E-state index contributed by atoms with van der Waals surface area (Å²) in [4.78, 5) is 2.23. The Morgan fingerprint density at radius 3 is 2.19 bits per heavy atom. The SMILES string of the molecule is CCCCCC=CCC=CCCCCCCCCOCC(CN(C)C)OCCCCO[C@H]1CC[C@@]2(C)C(=CCC3C4CCC(C(C)CCCC(C)C)[C@@]4(C)CCC32)C1. The van der Waals surface area contributed by atoms with Crippen molar-refractivity contribution in [2.24, 2.45) is 46.3 Å². The van der Waals surface area contributed by atoms with E-state index < -0.39 is 0 Å².